The first-order chi connectivity index (χ1) is 10.3. The van der Waals surface area contributed by atoms with Crippen molar-refractivity contribution in [2.45, 2.75) is 57.4 Å². The van der Waals surface area contributed by atoms with Crippen molar-refractivity contribution < 1.29 is 4.74 Å². The standard InChI is InChI=1S/C20H27BrO/c1-6-13-22-20(16-9-7-15(2)8-10-16)12-11-17(14-18(20)21)19(3,4)5/h1,7-10,17-18H,11-14H2,2-5H3/t17-,18+,20-/m1/s1. The SMILES string of the molecule is C#CCO[C@@]1(c2ccc(C)cc2)CC[C@@H](C(C)(C)C)C[C@@H]1Br. The molecule has 0 amide bonds. The van der Waals surface area contributed by atoms with E-state index in [-0.39, 0.29) is 10.4 Å². The first kappa shape index (κ1) is 17.6. The summed E-state index contributed by atoms with van der Waals surface area (Å²) in [6, 6.07) is 8.70. The maximum absolute atomic E-state index is 6.24. The third-order valence-electron chi connectivity index (χ3n) is 5.04. The highest BCUT2D eigenvalue weighted by molar-refractivity contribution is 9.09. The molecule has 120 valence electrons. The smallest absolute Gasteiger partial charge is 0.108 e. The number of benzene rings is 1. The van der Waals surface area contributed by atoms with E-state index in [1.54, 1.807) is 0 Å². The van der Waals surface area contributed by atoms with E-state index in [1.165, 1.54) is 17.5 Å². The van der Waals surface area contributed by atoms with E-state index in [9.17, 15) is 0 Å². The fourth-order valence-electron chi connectivity index (χ4n) is 3.47. The Morgan fingerprint density at radius 2 is 1.95 bits per heavy atom. The van der Waals surface area contributed by atoms with Crippen LogP contribution in [0, 0.1) is 30.6 Å². The van der Waals surface area contributed by atoms with Gasteiger partial charge in [0.2, 0.25) is 0 Å². The van der Waals surface area contributed by atoms with Crippen molar-refractivity contribution in [3.8, 4) is 12.3 Å². The summed E-state index contributed by atoms with van der Waals surface area (Å²) in [4.78, 5) is 0.286. The average molecular weight is 363 g/mol. The lowest BCUT2D eigenvalue weighted by molar-refractivity contribution is -0.0717. The van der Waals surface area contributed by atoms with Crippen LogP contribution >= 0.6 is 15.9 Å². The van der Waals surface area contributed by atoms with Crippen LogP contribution in [-0.2, 0) is 10.3 Å². The molecule has 1 fully saturated rings. The van der Waals surface area contributed by atoms with Crippen molar-refractivity contribution in [3.63, 3.8) is 0 Å². The minimum atomic E-state index is -0.304. The zero-order chi connectivity index (χ0) is 16.4. The summed E-state index contributed by atoms with van der Waals surface area (Å²) < 4.78 is 6.24. The number of alkyl halides is 1. The molecule has 1 aromatic rings. The molecular formula is C20H27BrO. The normalized spacial score (nSPS) is 29.1. The Labute approximate surface area is 144 Å². The van der Waals surface area contributed by atoms with E-state index in [0.29, 0.717) is 17.9 Å². The minimum absolute atomic E-state index is 0.286. The number of hydrogen-bond acceptors (Lipinski definition) is 1. The first-order valence-corrected chi connectivity index (χ1v) is 9.00. The van der Waals surface area contributed by atoms with E-state index in [4.69, 9.17) is 11.2 Å². The summed E-state index contributed by atoms with van der Waals surface area (Å²) in [6.07, 6.45) is 8.75. The molecule has 0 N–H and O–H groups in total. The number of terminal acetylenes is 1. The van der Waals surface area contributed by atoms with E-state index < -0.39 is 0 Å². The van der Waals surface area contributed by atoms with Gasteiger partial charge in [-0.15, -0.1) is 6.42 Å². The van der Waals surface area contributed by atoms with Gasteiger partial charge in [0.15, 0.2) is 0 Å². The molecule has 1 aromatic carbocycles. The predicted molar refractivity (Wildman–Crippen MR) is 97.2 cm³/mol. The number of rotatable bonds is 3. The van der Waals surface area contributed by atoms with Crippen LogP contribution in [0.3, 0.4) is 0 Å². The van der Waals surface area contributed by atoms with Crippen LogP contribution < -0.4 is 0 Å². The monoisotopic (exact) mass is 362 g/mol. The van der Waals surface area contributed by atoms with Crippen LogP contribution in [0.25, 0.3) is 0 Å². The largest absolute Gasteiger partial charge is 0.356 e. The molecule has 1 aliphatic rings. The molecule has 0 radical (unpaired) electrons. The predicted octanol–water partition coefficient (Wildman–Crippen LogP) is 5.45. The highest BCUT2D eigenvalue weighted by Gasteiger charge is 2.46. The Hall–Kier alpha value is -0.780. The molecule has 0 aromatic heterocycles. The molecule has 22 heavy (non-hydrogen) atoms. The molecule has 0 spiro atoms. The van der Waals surface area contributed by atoms with Gasteiger partial charge < -0.3 is 4.74 Å². The Morgan fingerprint density at radius 1 is 1.32 bits per heavy atom. The molecule has 0 aliphatic heterocycles. The van der Waals surface area contributed by atoms with Crippen LogP contribution in [0.1, 0.15) is 51.2 Å². The molecule has 2 rings (SSSR count). The van der Waals surface area contributed by atoms with Crippen molar-refractivity contribution in [3.05, 3.63) is 35.4 Å². The molecule has 0 bridgehead atoms. The zero-order valence-corrected chi connectivity index (χ0v) is 15.7. The molecule has 3 atom stereocenters. The quantitative estimate of drug-likeness (QED) is 0.513. The third kappa shape index (κ3) is 3.58. The topological polar surface area (TPSA) is 9.23 Å². The lowest BCUT2D eigenvalue weighted by atomic mass is 9.66. The highest BCUT2D eigenvalue weighted by Crippen LogP contribution is 2.50. The van der Waals surface area contributed by atoms with Gasteiger partial charge in [0.05, 0.1) is 0 Å². The lowest BCUT2D eigenvalue weighted by Gasteiger charge is -2.47. The third-order valence-corrected chi connectivity index (χ3v) is 6.15. The van der Waals surface area contributed by atoms with Crippen LogP contribution in [0.5, 0.6) is 0 Å². The molecule has 1 saturated carbocycles. The fourth-order valence-corrected chi connectivity index (χ4v) is 4.54. The second-order valence-corrected chi connectivity index (χ2v) is 8.66. The molecule has 0 unspecified atom stereocenters. The summed E-state index contributed by atoms with van der Waals surface area (Å²) in [5.41, 5.74) is 2.53. The molecular weight excluding hydrogens is 336 g/mol. The Kier molecular flexibility index (Phi) is 5.41. The van der Waals surface area contributed by atoms with Gasteiger partial charge in [-0.1, -0.05) is 72.5 Å². The van der Waals surface area contributed by atoms with Gasteiger partial charge >= 0.3 is 0 Å². The van der Waals surface area contributed by atoms with Crippen LogP contribution in [-0.4, -0.2) is 11.4 Å². The lowest BCUT2D eigenvalue weighted by Crippen LogP contribution is -2.46. The average Bonchev–Trinajstić information content (AvgIpc) is 2.46. The Bertz CT molecular complexity index is 534. The van der Waals surface area contributed by atoms with Crippen molar-refractivity contribution in [1.29, 1.82) is 0 Å². The number of aryl methyl sites for hydroxylation is 1. The summed E-state index contributed by atoms with van der Waals surface area (Å²) in [5, 5.41) is 0. The maximum atomic E-state index is 6.24. The van der Waals surface area contributed by atoms with Gasteiger partial charge in [-0.2, -0.15) is 0 Å². The van der Waals surface area contributed by atoms with Gasteiger partial charge in [-0.05, 0) is 43.1 Å². The summed E-state index contributed by atoms with van der Waals surface area (Å²) in [5.74, 6) is 3.34. The van der Waals surface area contributed by atoms with Crippen molar-refractivity contribution >= 4 is 15.9 Å². The van der Waals surface area contributed by atoms with Gasteiger partial charge in [-0.25, -0.2) is 0 Å². The van der Waals surface area contributed by atoms with Crippen molar-refractivity contribution in [2.75, 3.05) is 6.61 Å². The molecule has 1 aliphatic carbocycles. The Balaban J connectivity index is 2.31. The van der Waals surface area contributed by atoms with Crippen molar-refractivity contribution in [1.82, 2.24) is 0 Å². The summed E-state index contributed by atoms with van der Waals surface area (Å²) in [6.45, 7) is 9.46. The number of halogens is 1. The first-order valence-electron chi connectivity index (χ1n) is 8.08. The van der Waals surface area contributed by atoms with E-state index in [0.717, 1.165) is 12.8 Å². The summed E-state index contributed by atoms with van der Waals surface area (Å²) >= 11 is 3.94. The van der Waals surface area contributed by atoms with E-state index >= 15 is 0 Å². The van der Waals surface area contributed by atoms with Gasteiger partial charge in [0.25, 0.3) is 0 Å². The molecule has 1 nitrogen and oxygen atoms in total. The van der Waals surface area contributed by atoms with E-state index in [1.807, 2.05) is 0 Å². The number of hydrogen-bond donors (Lipinski definition) is 0. The fraction of sp³-hybridized carbons (Fsp3) is 0.600. The molecule has 0 heterocycles. The van der Waals surface area contributed by atoms with Gasteiger partial charge in [-0.3, -0.25) is 0 Å². The summed E-state index contributed by atoms with van der Waals surface area (Å²) in [7, 11) is 0. The van der Waals surface area contributed by atoms with Gasteiger partial charge in [0, 0.05) is 4.83 Å². The minimum Gasteiger partial charge on any atom is -0.356 e. The Morgan fingerprint density at radius 3 is 2.45 bits per heavy atom. The van der Waals surface area contributed by atoms with Crippen LogP contribution in [0.2, 0.25) is 0 Å². The maximum Gasteiger partial charge on any atom is 0.108 e. The van der Waals surface area contributed by atoms with Crippen molar-refractivity contribution in [2.24, 2.45) is 11.3 Å². The highest BCUT2D eigenvalue weighted by atomic mass is 79.9. The second kappa shape index (κ2) is 6.77. The second-order valence-electron chi connectivity index (χ2n) is 7.55. The molecule has 0 saturated heterocycles. The molecule has 2 heteroatoms. The number of ether oxygens (including phenoxy) is 1. The zero-order valence-electron chi connectivity index (χ0n) is 14.2. The van der Waals surface area contributed by atoms with Crippen LogP contribution in [0.15, 0.2) is 24.3 Å². The van der Waals surface area contributed by atoms with Gasteiger partial charge in [0.1, 0.15) is 12.2 Å². The van der Waals surface area contributed by atoms with E-state index in [2.05, 4.69) is 73.8 Å². The van der Waals surface area contributed by atoms with Crippen LogP contribution in [0.4, 0.5) is 0 Å².